The Morgan fingerprint density at radius 2 is 0.981 bits per heavy atom. The number of rotatable bonds is 5. The molecule has 4 heterocycles. The molecule has 2 aliphatic heterocycles. The van der Waals surface area contributed by atoms with E-state index in [0.29, 0.717) is 0 Å². The Morgan fingerprint density at radius 3 is 1.22 bits per heavy atom. The van der Waals surface area contributed by atoms with E-state index in [-0.39, 0.29) is 49.9 Å². The number of carboxylic acids is 2. The first-order chi connectivity index (χ1) is 24.2. The molecule has 0 saturated carbocycles. The summed E-state index contributed by atoms with van der Waals surface area (Å²) < 4.78 is 77.5. The van der Waals surface area contributed by atoms with Gasteiger partial charge in [0.15, 0.2) is 11.7 Å². The molecule has 2 aromatic heterocycles. The summed E-state index contributed by atoms with van der Waals surface area (Å²) in [6.07, 6.45) is -7.72. The molecular weight excluding hydrogens is 920 g/mol. The number of benzene rings is 1. The summed E-state index contributed by atoms with van der Waals surface area (Å²) in [4.78, 5) is 35.7. The number of azo groups is 2. The Labute approximate surface area is 321 Å². The summed E-state index contributed by atoms with van der Waals surface area (Å²) in [5, 5.41) is 35.2. The Balaban J connectivity index is 0.000000300. The third kappa shape index (κ3) is 10.4. The van der Waals surface area contributed by atoms with Crippen LogP contribution >= 0.6 is 7.92 Å². The fraction of sp³-hybridized carbons (Fsp3) is 0.412. The number of hydrogen-bond acceptors (Lipinski definition) is 12. The van der Waals surface area contributed by atoms with Crippen LogP contribution in [0.4, 0.5) is 26.3 Å². The zero-order chi connectivity index (χ0) is 40.2. The van der Waals surface area contributed by atoms with Gasteiger partial charge in [0.05, 0.1) is 0 Å². The maximum atomic E-state index is 12.9. The van der Waals surface area contributed by atoms with Crippen molar-refractivity contribution >= 4 is 36.8 Å². The number of carboxylic acid groups (broad SMARTS) is 2. The molecule has 2 aliphatic rings. The molecule has 12 nitrogen and oxygen atoms in total. The van der Waals surface area contributed by atoms with Crippen molar-refractivity contribution in [2.75, 3.05) is 13.3 Å². The standard InChI is InChI=1S/2C13H13F3N4O2.C8H11P.Os/c2*1-11(2,3)7-4-5-17-8(6-7)9-18-12(10(21)22,20-19-9)13(14,15)16;1-9(2)8-6-4-3-5-7-8;/h2*4-6H,1-3H3,(H,21,22);3-7H,1-2H3;/q;;;+2/p-2. The minimum atomic E-state index is -5.25. The molecule has 0 saturated heterocycles. The molecule has 0 amide bonds. The van der Waals surface area contributed by atoms with Gasteiger partial charge in [-0.15, -0.1) is 20.5 Å². The molecule has 2 unspecified atom stereocenters. The summed E-state index contributed by atoms with van der Waals surface area (Å²) in [5.41, 5.74) is -6.36. The van der Waals surface area contributed by atoms with Crippen molar-refractivity contribution < 1.29 is 65.9 Å². The van der Waals surface area contributed by atoms with Gasteiger partial charge in [0.25, 0.3) is 0 Å². The third-order valence-corrected chi connectivity index (χ3v) is 8.79. The van der Waals surface area contributed by atoms with Crippen LogP contribution in [0.2, 0.25) is 0 Å². The van der Waals surface area contributed by atoms with Crippen molar-refractivity contribution in [2.45, 2.75) is 76.1 Å². The zero-order valence-electron chi connectivity index (χ0n) is 30.1. The van der Waals surface area contributed by atoms with Gasteiger partial charge in [-0.2, -0.15) is 26.3 Å². The molecule has 1 aromatic carbocycles. The van der Waals surface area contributed by atoms with Crippen LogP contribution in [0.3, 0.4) is 0 Å². The Morgan fingerprint density at radius 1 is 0.630 bits per heavy atom. The normalized spacial score (nSPS) is 19.5. The second-order valence-electron chi connectivity index (χ2n) is 13.8. The molecule has 0 bridgehead atoms. The molecular formula is C34H35F6N8O4OsP. The van der Waals surface area contributed by atoms with Gasteiger partial charge in [0, 0.05) is 12.4 Å². The van der Waals surface area contributed by atoms with E-state index in [1.807, 2.05) is 41.5 Å². The Bertz CT molecular complexity index is 1830. The van der Waals surface area contributed by atoms with E-state index in [1.165, 1.54) is 29.8 Å². The number of aromatic nitrogens is 2. The molecule has 0 N–H and O–H groups in total. The van der Waals surface area contributed by atoms with E-state index in [0.717, 1.165) is 11.1 Å². The van der Waals surface area contributed by atoms with Gasteiger partial charge in [-0.1, -0.05) is 79.8 Å². The summed E-state index contributed by atoms with van der Waals surface area (Å²) in [6, 6.07) is 17.0. The maximum absolute atomic E-state index is 12.9. The number of amidine groups is 2. The molecule has 0 fully saturated rings. The number of pyridine rings is 2. The van der Waals surface area contributed by atoms with Crippen LogP contribution in [-0.4, -0.2) is 70.6 Å². The van der Waals surface area contributed by atoms with Gasteiger partial charge in [-0.3, -0.25) is 9.97 Å². The number of carbonyl (C=O) groups is 2. The summed E-state index contributed by atoms with van der Waals surface area (Å²) in [5.74, 6) is -5.95. The fourth-order valence-electron chi connectivity index (χ4n) is 4.26. The molecule has 2 atom stereocenters. The van der Waals surface area contributed by atoms with Crippen LogP contribution in [0.25, 0.3) is 0 Å². The predicted octanol–water partition coefficient (Wildman–Crippen LogP) is 5.25. The van der Waals surface area contributed by atoms with Crippen LogP contribution in [0.15, 0.2) is 97.4 Å². The SMILES string of the molecule is CC(C)(C)c1ccnc(C2=NC(C(=O)[O-])(C(F)(F)F)N=N2)c1.CC(C)(C)c1ccnc(C2=NC(C(=O)[O-])(C(F)(F)F)N=N2)c1.CP(C)c1ccccc1.[Os+2]. The van der Waals surface area contributed by atoms with E-state index in [1.54, 1.807) is 12.1 Å². The van der Waals surface area contributed by atoms with Gasteiger partial charge in [-0.25, -0.2) is 9.98 Å². The number of halogens is 6. The first-order valence-electron chi connectivity index (χ1n) is 15.5. The van der Waals surface area contributed by atoms with Crippen LogP contribution in [0, 0.1) is 0 Å². The number of carbonyl (C=O) groups excluding carboxylic acids is 2. The number of aliphatic imine (C=N–C) groups is 2. The molecule has 290 valence electrons. The van der Waals surface area contributed by atoms with Gasteiger partial charge in [-0.05, 0) is 64.9 Å². The van der Waals surface area contributed by atoms with Crippen molar-refractivity contribution in [3.8, 4) is 0 Å². The van der Waals surface area contributed by atoms with Gasteiger partial charge >= 0.3 is 43.5 Å². The average Bonchev–Trinajstić information content (AvgIpc) is 3.73. The zero-order valence-corrected chi connectivity index (χ0v) is 33.6. The van der Waals surface area contributed by atoms with Crippen molar-refractivity contribution in [1.82, 2.24) is 9.97 Å². The van der Waals surface area contributed by atoms with E-state index < -0.39 is 47.3 Å². The van der Waals surface area contributed by atoms with Crippen LogP contribution in [-0.2, 0) is 40.2 Å². The summed E-state index contributed by atoms with van der Waals surface area (Å²) >= 11 is 0. The monoisotopic (exact) mass is 956 g/mol. The van der Waals surface area contributed by atoms with E-state index in [4.69, 9.17) is 0 Å². The largest absolute Gasteiger partial charge is 2.00 e. The topological polar surface area (TPSA) is 180 Å². The minimum absolute atomic E-state index is 0. The number of alkyl halides is 6. The van der Waals surface area contributed by atoms with Crippen LogP contribution in [0.5, 0.6) is 0 Å². The Kier molecular flexibility index (Phi) is 14.4. The predicted molar refractivity (Wildman–Crippen MR) is 181 cm³/mol. The first kappa shape index (κ1) is 45.8. The van der Waals surface area contributed by atoms with Crippen molar-refractivity contribution in [1.29, 1.82) is 0 Å². The first-order valence-corrected chi connectivity index (χ1v) is 17.8. The molecule has 0 spiro atoms. The number of nitrogens with zero attached hydrogens (tertiary/aromatic N) is 8. The third-order valence-electron chi connectivity index (χ3n) is 7.46. The molecule has 5 rings (SSSR count). The second-order valence-corrected chi connectivity index (χ2v) is 16.1. The number of aliphatic carboxylic acids is 2. The van der Waals surface area contributed by atoms with Crippen LogP contribution < -0.4 is 15.5 Å². The molecule has 0 radical (unpaired) electrons. The summed E-state index contributed by atoms with van der Waals surface area (Å²) in [7, 11) is 0.104. The van der Waals surface area contributed by atoms with E-state index in [9.17, 15) is 46.1 Å². The number of hydrogen-bond donors (Lipinski definition) is 0. The maximum Gasteiger partial charge on any atom is 2.00 e. The van der Waals surface area contributed by atoms with Crippen molar-refractivity contribution in [3.05, 3.63) is 89.5 Å². The smallest absolute Gasteiger partial charge is 0.545 e. The minimum Gasteiger partial charge on any atom is -0.545 e. The van der Waals surface area contributed by atoms with E-state index >= 15 is 0 Å². The molecule has 3 aromatic rings. The van der Waals surface area contributed by atoms with Gasteiger partial charge in [0.2, 0.25) is 0 Å². The quantitative estimate of drug-likeness (QED) is 0.249. The molecule has 0 aliphatic carbocycles. The van der Waals surface area contributed by atoms with Gasteiger partial charge < -0.3 is 19.8 Å². The Hall–Kier alpha value is -4.35. The van der Waals surface area contributed by atoms with E-state index in [2.05, 4.69) is 84.1 Å². The second kappa shape index (κ2) is 17.0. The van der Waals surface area contributed by atoms with Crippen molar-refractivity contribution in [3.63, 3.8) is 0 Å². The molecule has 54 heavy (non-hydrogen) atoms. The average molecular weight is 955 g/mol. The van der Waals surface area contributed by atoms with Crippen molar-refractivity contribution in [2.24, 2.45) is 30.4 Å². The summed E-state index contributed by atoms with van der Waals surface area (Å²) in [6.45, 7) is 16.0. The fourth-order valence-corrected chi connectivity index (χ4v) is 5.03. The van der Waals surface area contributed by atoms with Gasteiger partial charge in [0.1, 0.15) is 23.3 Å². The van der Waals surface area contributed by atoms with Crippen LogP contribution in [0.1, 0.15) is 64.1 Å². The molecule has 20 heteroatoms.